The Kier molecular flexibility index (Phi) is 4.39. The molecule has 0 fully saturated rings. The molecule has 2 rings (SSSR count). The van der Waals surface area contributed by atoms with Crippen LogP contribution >= 0.6 is 11.3 Å². The largest absolute Gasteiger partial charge is 0.491 e. The fourth-order valence-electron chi connectivity index (χ4n) is 1.85. The maximum Gasteiger partial charge on any atom is 0.125 e. The number of thiophene rings is 1. The van der Waals surface area contributed by atoms with Gasteiger partial charge in [0.15, 0.2) is 0 Å². The van der Waals surface area contributed by atoms with E-state index in [0.29, 0.717) is 6.42 Å². The minimum absolute atomic E-state index is 0.111. The van der Waals surface area contributed by atoms with E-state index in [1.165, 1.54) is 4.88 Å². The topological polar surface area (TPSA) is 29.5 Å². The summed E-state index contributed by atoms with van der Waals surface area (Å²) in [6.07, 6.45) is 0.231. The van der Waals surface area contributed by atoms with Crippen molar-refractivity contribution in [3.8, 4) is 5.75 Å². The van der Waals surface area contributed by atoms with Gasteiger partial charge >= 0.3 is 0 Å². The van der Waals surface area contributed by atoms with Crippen LogP contribution in [-0.4, -0.2) is 11.2 Å². The molecule has 0 aliphatic carbocycles. The third-order valence-electron chi connectivity index (χ3n) is 2.62. The van der Waals surface area contributed by atoms with Crippen LogP contribution in [0.15, 0.2) is 41.8 Å². The van der Waals surface area contributed by atoms with Crippen molar-refractivity contribution >= 4 is 11.3 Å². The Hall–Kier alpha value is -1.32. The van der Waals surface area contributed by atoms with Crippen LogP contribution in [0.5, 0.6) is 5.75 Å². The summed E-state index contributed by atoms with van der Waals surface area (Å²) in [5.41, 5.74) is 0.861. The first-order valence-electron chi connectivity index (χ1n) is 6.13. The van der Waals surface area contributed by atoms with E-state index in [0.717, 1.165) is 11.3 Å². The van der Waals surface area contributed by atoms with Gasteiger partial charge < -0.3 is 9.84 Å². The molecule has 0 aliphatic rings. The molecule has 0 spiro atoms. The van der Waals surface area contributed by atoms with Gasteiger partial charge in [0, 0.05) is 16.9 Å². The minimum atomic E-state index is -0.515. The highest BCUT2D eigenvalue weighted by Gasteiger charge is 2.14. The van der Waals surface area contributed by atoms with E-state index in [1.807, 2.05) is 55.6 Å². The monoisotopic (exact) mass is 262 g/mol. The molecule has 18 heavy (non-hydrogen) atoms. The average molecular weight is 262 g/mol. The van der Waals surface area contributed by atoms with Crippen molar-refractivity contribution in [2.24, 2.45) is 0 Å². The van der Waals surface area contributed by atoms with E-state index in [1.54, 1.807) is 11.3 Å². The number of aliphatic hydroxyl groups is 1. The van der Waals surface area contributed by atoms with Gasteiger partial charge in [0.1, 0.15) is 5.75 Å². The van der Waals surface area contributed by atoms with Gasteiger partial charge in [-0.25, -0.2) is 0 Å². The molecule has 2 aromatic rings. The molecule has 1 atom stereocenters. The van der Waals surface area contributed by atoms with E-state index < -0.39 is 6.10 Å². The Morgan fingerprint density at radius 3 is 2.61 bits per heavy atom. The molecule has 1 N–H and O–H groups in total. The van der Waals surface area contributed by atoms with Gasteiger partial charge in [-0.15, -0.1) is 11.3 Å². The van der Waals surface area contributed by atoms with Crippen molar-refractivity contribution in [3.05, 3.63) is 52.2 Å². The summed E-state index contributed by atoms with van der Waals surface area (Å²) in [5.74, 6) is 0.775. The van der Waals surface area contributed by atoms with Gasteiger partial charge in [-0.3, -0.25) is 0 Å². The Labute approximate surface area is 112 Å². The molecule has 0 amide bonds. The standard InChI is InChI=1S/C15H18O2S/c1-11(2)17-15-8-4-3-7-13(15)14(16)10-12-6-5-9-18-12/h3-9,11,14,16H,10H2,1-2H3. The van der Waals surface area contributed by atoms with E-state index in [9.17, 15) is 5.11 Å². The Morgan fingerprint density at radius 2 is 1.94 bits per heavy atom. The van der Waals surface area contributed by atoms with E-state index in [4.69, 9.17) is 4.74 Å². The van der Waals surface area contributed by atoms with Crippen molar-refractivity contribution in [2.45, 2.75) is 32.5 Å². The van der Waals surface area contributed by atoms with Gasteiger partial charge in [0.05, 0.1) is 12.2 Å². The summed E-state index contributed by atoms with van der Waals surface area (Å²) in [6, 6.07) is 11.7. The molecule has 1 aromatic heterocycles. The summed E-state index contributed by atoms with van der Waals surface area (Å²) >= 11 is 1.66. The number of benzene rings is 1. The smallest absolute Gasteiger partial charge is 0.125 e. The van der Waals surface area contributed by atoms with Crippen molar-refractivity contribution in [1.82, 2.24) is 0 Å². The molecule has 0 aliphatic heterocycles. The highest BCUT2D eigenvalue weighted by molar-refractivity contribution is 7.09. The molecule has 2 nitrogen and oxygen atoms in total. The molecule has 0 radical (unpaired) electrons. The first-order chi connectivity index (χ1) is 8.66. The second kappa shape index (κ2) is 6.03. The molecule has 3 heteroatoms. The van der Waals surface area contributed by atoms with Crippen LogP contribution in [0.1, 0.15) is 30.4 Å². The molecule has 0 bridgehead atoms. The molecule has 0 saturated carbocycles. The number of hydrogen-bond donors (Lipinski definition) is 1. The second-order valence-corrected chi connectivity index (χ2v) is 5.54. The second-order valence-electron chi connectivity index (χ2n) is 4.50. The highest BCUT2D eigenvalue weighted by Crippen LogP contribution is 2.29. The lowest BCUT2D eigenvalue weighted by Gasteiger charge is -2.17. The van der Waals surface area contributed by atoms with Crippen molar-refractivity contribution in [2.75, 3.05) is 0 Å². The summed E-state index contributed by atoms with van der Waals surface area (Å²) in [6.45, 7) is 3.98. The van der Waals surface area contributed by atoms with Crippen LogP contribution in [0.4, 0.5) is 0 Å². The van der Waals surface area contributed by atoms with Crippen molar-refractivity contribution in [3.63, 3.8) is 0 Å². The van der Waals surface area contributed by atoms with Gasteiger partial charge in [-0.05, 0) is 31.4 Å². The Morgan fingerprint density at radius 1 is 1.17 bits per heavy atom. The predicted molar refractivity (Wildman–Crippen MR) is 75.2 cm³/mol. The van der Waals surface area contributed by atoms with E-state index in [-0.39, 0.29) is 6.10 Å². The number of para-hydroxylation sites is 1. The Bertz CT molecular complexity index is 477. The average Bonchev–Trinajstić information content (AvgIpc) is 2.81. The van der Waals surface area contributed by atoms with E-state index in [2.05, 4.69) is 0 Å². The summed E-state index contributed by atoms with van der Waals surface area (Å²) < 4.78 is 5.73. The molecule has 0 saturated heterocycles. The van der Waals surface area contributed by atoms with Crippen LogP contribution in [0.25, 0.3) is 0 Å². The van der Waals surface area contributed by atoms with Crippen LogP contribution in [0.2, 0.25) is 0 Å². The first kappa shape index (κ1) is 13.1. The van der Waals surface area contributed by atoms with Crippen molar-refractivity contribution in [1.29, 1.82) is 0 Å². The lowest BCUT2D eigenvalue weighted by molar-refractivity contribution is 0.167. The number of rotatable bonds is 5. The van der Waals surface area contributed by atoms with Crippen molar-refractivity contribution < 1.29 is 9.84 Å². The lowest BCUT2D eigenvalue weighted by Crippen LogP contribution is -2.10. The molecule has 1 heterocycles. The normalized spacial score (nSPS) is 12.7. The minimum Gasteiger partial charge on any atom is -0.491 e. The van der Waals surface area contributed by atoms with Crippen LogP contribution in [-0.2, 0) is 6.42 Å². The fourth-order valence-corrected chi connectivity index (χ4v) is 2.59. The summed E-state index contributed by atoms with van der Waals surface area (Å²) in [5, 5.41) is 12.3. The Balaban J connectivity index is 2.16. The zero-order valence-corrected chi connectivity index (χ0v) is 11.5. The fraction of sp³-hybridized carbons (Fsp3) is 0.333. The van der Waals surface area contributed by atoms with Crippen LogP contribution < -0.4 is 4.74 Å². The number of aliphatic hydroxyl groups excluding tert-OH is 1. The SMILES string of the molecule is CC(C)Oc1ccccc1C(O)Cc1cccs1. The zero-order valence-electron chi connectivity index (χ0n) is 10.7. The molecule has 1 aromatic carbocycles. The zero-order chi connectivity index (χ0) is 13.0. The maximum atomic E-state index is 10.3. The number of ether oxygens (including phenoxy) is 1. The first-order valence-corrected chi connectivity index (χ1v) is 7.01. The summed E-state index contributed by atoms with van der Waals surface area (Å²) in [4.78, 5) is 1.18. The van der Waals surface area contributed by atoms with Gasteiger partial charge in [-0.2, -0.15) is 0 Å². The molecule has 1 unspecified atom stereocenters. The molecular formula is C15H18O2S. The number of hydrogen-bond acceptors (Lipinski definition) is 3. The lowest BCUT2D eigenvalue weighted by atomic mass is 10.0. The third-order valence-corrected chi connectivity index (χ3v) is 3.51. The maximum absolute atomic E-state index is 10.3. The quantitative estimate of drug-likeness (QED) is 0.887. The highest BCUT2D eigenvalue weighted by atomic mass is 32.1. The third kappa shape index (κ3) is 3.34. The molecule has 96 valence electrons. The predicted octanol–water partition coefficient (Wildman–Crippen LogP) is 3.81. The van der Waals surface area contributed by atoms with E-state index >= 15 is 0 Å². The van der Waals surface area contributed by atoms with Gasteiger partial charge in [0.2, 0.25) is 0 Å². The van der Waals surface area contributed by atoms with Crippen LogP contribution in [0.3, 0.4) is 0 Å². The van der Waals surface area contributed by atoms with Gasteiger partial charge in [-0.1, -0.05) is 24.3 Å². The van der Waals surface area contributed by atoms with Gasteiger partial charge in [0.25, 0.3) is 0 Å². The van der Waals surface area contributed by atoms with Crippen LogP contribution in [0, 0.1) is 0 Å². The summed E-state index contributed by atoms with van der Waals surface area (Å²) in [7, 11) is 0. The molecular weight excluding hydrogens is 244 g/mol.